The Balaban J connectivity index is 0.000000847. The average Bonchev–Trinajstić information content (AvgIpc) is 2.58. The van der Waals surface area contributed by atoms with Crippen molar-refractivity contribution < 1.29 is 4.39 Å². The predicted octanol–water partition coefficient (Wildman–Crippen LogP) is 5.50. The zero-order valence-electron chi connectivity index (χ0n) is 13.2. The Hall–Kier alpha value is -2.42. The Kier molecular flexibility index (Phi) is 5.48. The Bertz CT molecular complexity index is 753. The van der Waals surface area contributed by atoms with Gasteiger partial charge in [0.25, 0.3) is 0 Å². The number of benzene rings is 2. The average molecular weight is 296 g/mol. The first kappa shape index (κ1) is 16.0. The maximum absolute atomic E-state index is 13.9. The van der Waals surface area contributed by atoms with E-state index in [0.29, 0.717) is 12.2 Å². The van der Waals surface area contributed by atoms with Crippen LogP contribution in [0.5, 0.6) is 0 Å². The van der Waals surface area contributed by atoms with Gasteiger partial charge in [-0.1, -0.05) is 44.2 Å². The second kappa shape index (κ2) is 7.55. The Morgan fingerprint density at radius 1 is 1.00 bits per heavy atom. The molecule has 0 amide bonds. The number of aromatic nitrogens is 1. The molecule has 0 radical (unpaired) electrons. The van der Waals surface area contributed by atoms with Gasteiger partial charge in [0, 0.05) is 17.5 Å². The van der Waals surface area contributed by atoms with Gasteiger partial charge in [-0.2, -0.15) is 0 Å². The van der Waals surface area contributed by atoms with Crippen LogP contribution in [0.25, 0.3) is 22.2 Å². The molecule has 0 saturated heterocycles. The van der Waals surface area contributed by atoms with Crippen LogP contribution in [0.1, 0.15) is 20.8 Å². The number of nitrogens with one attached hydrogen (secondary N) is 1. The minimum Gasteiger partial charge on any atom is -0.383 e. The highest BCUT2D eigenvalue weighted by molar-refractivity contribution is 5.81. The molecule has 1 heterocycles. The molecule has 0 bridgehead atoms. The first-order valence-electron chi connectivity index (χ1n) is 7.67. The maximum atomic E-state index is 13.9. The number of hydrogen-bond acceptors (Lipinski definition) is 2. The van der Waals surface area contributed by atoms with Crippen LogP contribution in [0, 0.1) is 5.82 Å². The van der Waals surface area contributed by atoms with E-state index in [1.165, 1.54) is 6.07 Å². The van der Waals surface area contributed by atoms with Crippen LogP contribution >= 0.6 is 0 Å². The lowest BCUT2D eigenvalue weighted by atomic mass is 10.1. The molecule has 3 aromatic rings. The number of pyridine rings is 1. The van der Waals surface area contributed by atoms with Crippen LogP contribution in [0.15, 0.2) is 54.6 Å². The van der Waals surface area contributed by atoms with Crippen LogP contribution in [0.2, 0.25) is 0 Å². The predicted molar refractivity (Wildman–Crippen MR) is 92.6 cm³/mol. The van der Waals surface area contributed by atoms with Crippen molar-refractivity contribution in [1.29, 1.82) is 0 Å². The highest BCUT2D eigenvalue weighted by Crippen LogP contribution is 2.24. The van der Waals surface area contributed by atoms with E-state index < -0.39 is 0 Å². The van der Waals surface area contributed by atoms with Gasteiger partial charge in [-0.05, 0) is 31.2 Å². The maximum Gasteiger partial charge on any atom is 0.146 e. The third-order valence-electron chi connectivity index (χ3n) is 3.23. The number of fused-ring (bicyclic) bond motifs is 1. The van der Waals surface area contributed by atoms with Gasteiger partial charge in [-0.3, -0.25) is 0 Å². The van der Waals surface area contributed by atoms with Crippen molar-refractivity contribution in [2.75, 3.05) is 11.9 Å². The second-order valence-electron chi connectivity index (χ2n) is 4.61. The second-order valence-corrected chi connectivity index (χ2v) is 4.61. The summed E-state index contributed by atoms with van der Waals surface area (Å²) in [5.41, 5.74) is 3.01. The van der Waals surface area contributed by atoms with Gasteiger partial charge in [0.15, 0.2) is 0 Å². The van der Waals surface area contributed by atoms with E-state index in [2.05, 4.69) is 10.3 Å². The number of halogens is 1. The summed E-state index contributed by atoms with van der Waals surface area (Å²) in [5, 5.41) is 4.07. The number of para-hydroxylation sites is 1. The van der Waals surface area contributed by atoms with E-state index >= 15 is 0 Å². The molecular weight excluding hydrogens is 275 g/mol. The first-order valence-corrected chi connectivity index (χ1v) is 7.67. The minimum atomic E-state index is -0.251. The van der Waals surface area contributed by atoms with Crippen molar-refractivity contribution in [2.45, 2.75) is 20.8 Å². The van der Waals surface area contributed by atoms with Crippen molar-refractivity contribution in [3.05, 3.63) is 60.4 Å². The molecule has 0 aliphatic rings. The highest BCUT2D eigenvalue weighted by atomic mass is 19.1. The van der Waals surface area contributed by atoms with E-state index in [1.54, 1.807) is 6.07 Å². The molecule has 0 saturated carbocycles. The number of nitrogens with zero attached hydrogens (tertiary/aromatic N) is 1. The zero-order chi connectivity index (χ0) is 15.9. The molecule has 1 aromatic heterocycles. The van der Waals surface area contributed by atoms with Gasteiger partial charge in [-0.15, -0.1) is 0 Å². The van der Waals surface area contributed by atoms with Crippen LogP contribution in [0.3, 0.4) is 0 Å². The van der Waals surface area contributed by atoms with Crippen LogP contribution in [-0.4, -0.2) is 11.5 Å². The molecule has 2 nitrogen and oxygen atoms in total. The zero-order valence-corrected chi connectivity index (χ0v) is 13.2. The molecular formula is C19H21FN2. The summed E-state index contributed by atoms with van der Waals surface area (Å²) in [5.74, 6) is -0.251. The fourth-order valence-corrected chi connectivity index (χ4v) is 2.24. The SMILES string of the molecule is CC.CCNc1ccc(-c2ccc3ccccc3n2)cc1F. The van der Waals surface area contributed by atoms with Gasteiger partial charge >= 0.3 is 0 Å². The lowest BCUT2D eigenvalue weighted by molar-refractivity contribution is 0.631. The van der Waals surface area contributed by atoms with E-state index in [9.17, 15) is 4.39 Å². The summed E-state index contributed by atoms with van der Waals surface area (Å²) >= 11 is 0. The number of anilines is 1. The Morgan fingerprint density at radius 3 is 2.50 bits per heavy atom. The summed E-state index contributed by atoms with van der Waals surface area (Å²) in [6.45, 7) is 6.64. The number of rotatable bonds is 3. The third-order valence-corrected chi connectivity index (χ3v) is 3.23. The van der Waals surface area contributed by atoms with Crippen molar-refractivity contribution in [2.24, 2.45) is 0 Å². The molecule has 3 rings (SSSR count). The van der Waals surface area contributed by atoms with Gasteiger partial charge in [0.1, 0.15) is 5.82 Å². The molecule has 1 N–H and O–H groups in total. The quantitative estimate of drug-likeness (QED) is 0.690. The van der Waals surface area contributed by atoms with Crippen molar-refractivity contribution in [3.63, 3.8) is 0 Å². The standard InChI is InChI=1S/C17H15FN2.C2H6/c1-2-19-17-10-8-13(11-14(17)18)16-9-7-12-5-3-4-6-15(12)20-16;1-2/h3-11,19H,2H2,1H3;1-2H3. The lowest BCUT2D eigenvalue weighted by Gasteiger charge is -2.07. The Morgan fingerprint density at radius 2 is 1.77 bits per heavy atom. The normalized spacial score (nSPS) is 10.0. The molecule has 0 fully saturated rings. The van der Waals surface area contributed by atoms with Crippen molar-refractivity contribution >= 4 is 16.6 Å². The minimum absolute atomic E-state index is 0.251. The lowest BCUT2D eigenvalue weighted by Crippen LogP contribution is -1.99. The van der Waals surface area contributed by atoms with Crippen LogP contribution < -0.4 is 5.32 Å². The summed E-state index contributed by atoms with van der Waals surface area (Å²) in [7, 11) is 0. The molecule has 22 heavy (non-hydrogen) atoms. The van der Waals surface area contributed by atoms with Crippen molar-refractivity contribution in [1.82, 2.24) is 4.98 Å². The molecule has 2 aromatic carbocycles. The van der Waals surface area contributed by atoms with Crippen LogP contribution in [-0.2, 0) is 0 Å². The fraction of sp³-hybridized carbons (Fsp3) is 0.211. The first-order chi connectivity index (χ1) is 10.8. The van der Waals surface area contributed by atoms with E-state index in [-0.39, 0.29) is 5.82 Å². The van der Waals surface area contributed by atoms with Crippen LogP contribution in [0.4, 0.5) is 10.1 Å². The molecule has 0 spiro atoms. The molecule has 0 unspecified atom stereocenters. The van der Waals surface area contributed by atoms with Crippen molar-refractivity contribution in [3.8, 4) is 11.3 Å². The topological polar surface area (TPSA) is 24.9 Å². The fourth-order valence-electron chi connectivity index (χ4n) is 2.24. The summed E-state index contributed by atoms with van der Waals surface area (Å²) in [6.07, 6.45) is 0. The monoisotopic (exact) mass is 296 g/mol. The largest absolute Gasteiger partial charge is 0.383 e. The van der Waals surface area contributed by atoms with Gasteiger partial charge in [0.05, 0.1) is 16.9 Å². The van der Waals surface area contributed by atoms with Gasteiger partial charge in [-0.25, -0.2) is 9.37 Å². The molecule has 0 aliphatic carbocycles. The molecule has 0 aliphatic heterocycles. The van der Waals surface area contributed by atoms with E-state index in [1.807, 2.05) is 63.2 Å². The highest BCUT2D eigenvalue weighted by Gasteiger charge is 2.06. The summed E-state index contributed by atoms with van der Waals surface area (Å²) in [6, 6.07) is 17.0. The van der Waals surface area contributed by atoms with Gasteiger partial charge < -0.3 is 5.32 Å². The molecule has 0 atom stereocenters. The third kappa shape index (κ3) is 3.42. The Labute approximate surface area is 131 Å². The van der Waals surface area contributed by atoms with Gasteiger partial charge in [0.2, 0.25) is 0 Å². The van der Waals surface area contributed by atoms with E-state index in [4.69, 9.17) is 0 Å². The number of hydrogen-bond donors (Lipinski definition) is 1. The summed E-state index contributed by atoms with van der Waals surface area (Å²) < 4.78 is 13.9. The van der Waals surface area contributed by atoms with E-state index in [0.717, 1.165) is 22.2 Å². The molecule has 114 valence electrons. The molecule has 3 heteroatoms. The smallest absolute Gasteiger partial charge is 0.146 e. The summed E-state index contributed by atoms with van der Waals surface area (Å²) in [4.78, 5) is 4.58.